The normalized spacial score (nSPS) is 31.3. The molecule has 150 valence electrons. The van der Waals surface area contributed by atoms with Crippen LogP contribution in [0.3, 0.4) is 0 Å². The second kappa shape index (κ2) is 6.29. The average Bonchev–Trinajstić information content (AvgIpc) is 3.05. The predicted molar refractivity (Wildman–Crippen MR) is 87.7 cm³/mol. The van der Waals surface area contributed by atoms with E-state index in [0.717, 1.165) is 6.54 Å². The van der Waals surface area contributed by atoms with Crippen molar-refractivity contribution in [1.29, 1.82) is 0 Å². The number of hydroxylamine groups is 2. The van der Waals surface area contributed by atoms with Gasteiger partial charge in [-0.15, -0.1) is 4.28 Å². The molecule has 4 aliphatic rings. The van der Waals surface area contributed by atoms with E-state index in [-0.39, 0.29) is 18.4 Å². The smallest absolute Gasteiger partial charge is 0.316 e. The van der Waals surface area contributed by atoms with Crippen LogP contribution in [0.5, 0.6) is 0 Å². The lowest BCUT2D eigenvalue weighted by Crippen LogP contribution is -2.56. The summed E-state index contributed by atoms with van der Waals surface area (Å²) in [5, 5.41) is 3.71. The maximum Gasteiger partial charge on any atom is 0.418 e. The van der Waals surface area contributed by atoms with Crippen LogP contribution in [0.15, 0.2) is 0 Å². The molecule has 3 saturated heterocycles. The fourth-order valence-corrected chi connectivity index (χ4v) is 4.61. The molecule has 4 amide bonds. The molecule has 4 fully saturated rings. The molecule has 27 heavy (non-hydrogen) atoms. The van der Waals surface area contributed by atoms with Gasteiger partial charge in [0, 0.05) is 13.1 Å². The molecule has 13 heteroatoms. The van der Waals surface area contributed by atoms with Gasteiger partial charge in [0.05, 0.1) is 12.0 Å². The number of amides is 4. The summed E-state index contributed by atoms with van der Waals surface area (Å²) < 4.78 is 35.5. The van der Waals surface area contributed by atoms with Gasteiger partial charge in [0.2, 0.25) is 5.91 Å². The molecule has 1 spiro atoms. The van der Waals surface area contributed by atoms with Crippen LogP contribution < -0.4 is 16.2 Å². The zero-order chi connectivity index (χ0) is 19.4. The number of nitrogens with zero attached hydrogens (tertiary/aromatic N) is 2. The zero-order valence-electron chi connectivity index (χ0n) is 14.4. The Balaban J connectivity index is 1.44. The molecule has 4 rings (SSSR count). The van der Waals surface area contributed by atoms with Crippen LogP contribution >= 0.6 is 0 Å². The third kappa shape index (κ3) is 3.35. The van der Waals surface area contributed by atoms with Crippen molar-refractivity contribution in [2.45, 2.75) is 37.8 Å². The minimum Gasteiger partial charge on any atom is -0.316 e. The van der Waals surface area contributed by atoms with Crippen LogP contribution in [-0.2, 0) is 24.3 Å². The molecule has 3 heterocycles. The van der Waals surface area contributed by atoms with Crippen molar-refractivity contribution in [3.05, 3.63) is 0 Å². The highest BCUT2D eigenvalue weighted by Gasteiger charge is 2.65. The first-order valence-electron chi connectivity index (χ1n) is 8.77. The van der Waals surface area contributed by atoms with E-state index in [1.165, 1.54) is 4.90 Å². The molecule has 1 saturated carbocycles. The summed E-state index contributed by atoms with van der Waals surface area (Å²) in [6.45, 7) is 1.40. The number of nitrogens with one attached hydrogen (secondary N) is 3. The number of hydrogen-bond acceptors (Lipinski definition) is 7. The van der Waals surface area contributed by atoms with Crippen molar-refractivity contribution in [3.8, 4) is 0 Å². The highest BCUT2D eigenvalue weighted by atomic mass is 32.3. The molecule has 3 aliphatic heterocycles. The Morgan fingerprint density at radius 3 is 2.56 bits per heavy atom. The van der Waals surface area contributed by atoms with Gasteiger partial charge < -0.3 is 10.2 Å². The summed E-state index contributed by atoms with van der Waals surface area (Å²) in [7, 11) is -4.86. The topological polar surface area (TPSA) is 157 Å². The van der Waals surface area contributed by atoms with E-state index < -0.39 is 39.8 Å². The van der Waals surface area contributed by atoms with Crippen molar-refractivity contribution in [2.24, 2.45) is 11.3 Å². The maximum absolute atomic E-state index is 12.6. The second-order valence-corrected chi connectivity index (χ2v) is 8.53. The first kappa shape index (κ1) is 18.4. The minimum atomic E-state index is -4.86. The van der Waals surface area contributed by atoms with E-state index in [9.17, 15) is 22.8 Å². The number of piperidine rings is 1. The first-order chi connectivity index (χ1) is 12.7. The van der Waals surface area contributed by atoms with Gasteiger partial charge in [-0.3, -0.25) is 25.0 Å². The summed E-state index contributed by atoms with van der Waals surface area (Å²) >= 11 is 0. The van der Waals surface area contributed by atoms with Crippen molar-refractivity contribution >= 4 is 28.2 Å². The summed E-state index contributed by atoms with van der Waals surface area (Å²) in [5.74, 6) is -1.06. The molecule has 0 radical (unpaired) electrons. The van der Waals surface area contributed by atoms with Gasteiger partial charge in [-0.05, 0) is 37.6 Å². The van der Waals surface area contributed by atoms with E-state index in [1.807, 2.05) is 0 Å². The summed E-state index contributed by atoms with van der Waals surface area (Å²) in [6, 6.07) is -2.20. The Hall–Kier alpha value is -1.96. The second-order valence-electron chi connectivity index (χ2n) is 7.53. The van der Waals surface area contributed by atoms with Gasteiger partial charge in [-0.2, -0.15) is 13.5 Å². The summed E-state index contributed by atoms with van der Waals surface area (Å²) in [4.78, 5) is 38.4. The third-order valence-electron chi connectivity index (χ3n) is 5.88. The van der Waals surface area contributed by atoms with Crippen molar-refractivity contribution < 1.29 is 31.6 Å². The Bertz CT molecular complexity index is 777. The molecule has 4 N–H and O–H groups in total. The number of carbonyl (C=O) groups is 3. The molecule has 0 aromatic carbocycles. The third-order valence-corrected chi connectivity index (χ3v) is 6.23. The molecule has 12 nitrogen and oxygen atoms in total. The van der Waals surface area contributed by atoms with Crippen LogP contribution in [0.2, 0.25) is 0 Å². The number of fused-ring (bicyclic) bond motifs is 3. The van der Waals surface area contributed by atoms with E-state index in [1.54, 1.807) is 0 Å². The minimum absolute atomic E-state index is 0.118. The first-order valence-corrected chi connectivity index (χ1v) is 10.1. The largest absolute Gasteiger partial charge is 0.418 e. The van der Waals surface area contributed by atoms with Crippen LogP contribution in [0.25, 0.3) is 0 Å². The molecule has 1 aliphatic carbocycles. The van der Waals surface area contributed by atoms with E-state index in [4.69, 9.17) is 4.55 Å². The standard InChI is InChI=1S/C14H21N5O7S/c20-11(8-1-4-15-6-8)16-17-12(21)9-5-14(2-3-14)10-7-18(9)13(22)19(10)26-27(23,24)25/h8-10,15H,1-7H2,(H,16,20)(H,17,21)(H,23,24,25). The van der Waals surface area contributed by atoms with Crippen LogP contribution in [0, 0.1) is 11.3 Å². The van der Waals surface area contributed by atoms with Crippen molar-refractivity contribution in [2.75, 3.05) is 19.6 Å². The molecule has 0 aromatic rings. The van der Waals surface area contributed by atoms with Crippen molar-refractivity contribution in [1.82, 2.24) is 26.1 Å². The number of urea groups is 1. The Morgan fingerprint density at radius 2 is 1.96 bits per heavy atom. The Morgan fingerprint density at radius 1 is 1.26 bits per heavy atom. The average molecular weight is 403 g/mol. The fourth-order valence-electron chi connectivity index (χ4n) is 4.24. The van der Waals surface area contributed by atoms with Crippen LogP contribution in [-0.4, -0.2) is 72.5 Å². The van der Waals surface area contributed by atoms with Gasteiger partial charge in [-0.1, -0.05) is 0 Å². The zero-order valence-corrected chi connectivity index (χ0v) is 15.2. The highest BCUT2D eigenvalue weighted by molar-refractivity contribution is 7.80. The van der Waals surface area contributed by atoms with Gasteiger partial charge in [-0.25, -0.2) is 4.79 Å². The molecule has 3 unspecified atom stereocenters. The number of hydrazine groups is 1. The fraction of sp³-hybridized carbons (Fsp3) is 0.786. The molecule has 2 bridgehead atoms. The van der Waals surface area contributed by atoms with Gasteiger partial charge in [0.15, 0.2) is 0 Å². The monoisotopic (exact) mass is 403 g/mol. The number of hydrogen-bond donors (Lipinski definition) is 4. The lowest BCUT2D eigenvalue weighted by molar-refractivity contribution is -0.134. The van der Waals surface area contributed by atoms with Gasteiger partial charge in [0.1, 0.15) is 6.04 Å². The predicted octanol–water partition coefficient (Wildman–Crippen LogP) is -1.86. The van der Waals surface area contributed by atoms with E-state index >= 15 is 0 Å². The Labute approximate surface area is 155 Å². The molecule has 0 aromatic heterocycles. The van der Waals surface area contributed by atoms with Crippen molar-refractivity contribution in [3.63, 3.8) is 0 Å². The van der Waals surface area contributed by atoms with Gasteiger partial charge in [0.25, 0.3) is 5.91 Å². The SMILES string of the molecule is O=C(NNC(=O)C1CC2(CC2)C2CN1C(=O)N2OS(=O)(=O)O)C1CCNC1. The van der Waals surface area contributed by atoms with E-state index in [2.05, 4.69) is 20.5 Å². The van der Waals surface area contributed by atoms with E-state index in [0.29, 0.717) is 37.3 Å². The molecule has 3 atom stereocenters. The van der Waals surface area contributed by atoms with Gasteiger partial charge >= 0.3 is 16.4 Å². The maximum atomic E-state index is 12.6. The quantitative estimate of drug-likeness (QED) is 0.314. The number of rotatable bonds is 4. The summed E-state index contributed by atoms with van der Waals surface area (Å²) in [5.41, 5.74) is 4.35. The van der Waals surface area contributed by atoms with Crippen LogP contribution in [0.1, 0.15) is 25.7 Å². The molecular formula is C14H21N5O7S. The van der Waals surface area contributed by atoms with Crippen LogP contribution in [0.4, 0.5) is 4.79 Å². The number of carbonyl (C=O) groups excluding carboxylic acids is 3. The lowest BCUT2D eigenvalue weighted by atomic mass is 9.85. The summed E-state index contributed by atoms with van der Waals surface area (Å²) in [6.07, 6.45) is 2.45. The lowest BCUT2D eigenvalue weighted by Gasteiger charge is -2.35. The molecular weight excluding hydrogens is 382 g/mol. The Kier molecular flexibility index (Phi) is 4.29. The highest BCUT2D eigenvalue weighted by Crippen LogP contribution is 2.59.